The number of rotatable bonds is 6. The smallest absolute Gasteiger partial charge is 0.178 e. The molecule has 1 saturated heterocycles. The van der Waals surface area contributed by atoms with Gasteiger partial charge in [-0.1, -0.05) is 19.1 Å². The summed E-state index contributed by atoms with van der Waals surface area (Å²) in [6.07, 6.45) is 2.88. The Morgan fingerprint density at radius 3 is 2.82 bits per heavy atom. The molecule has 0 saturated carbocycles. The predicted octanol–water partition coefficient (Wildman–Crippen LogP) is 2.25. The lowest BCUT2D eigenvalue weighted by Crippen LogP contribution is -2.47. The van der Waals surface area contributed by atoms with Gasteiger partial charge in [-0.2, -0.15) is 0 Å². The van der Waals surface area contributed by atoms with Gasteiger partial charge in [0, 0.05) is 6.04 Å². The number of benzene rings is 1. The van der Waals surface area contributed by atoms with Crippen LogP contribution >= 0.6 is 0 Å². The minimum Gasteiger partial charge on any atom is -0.395 e. The highest BCUT2D eigenvalue weighted by Gasteiger charge is 2.27. The Hall–Kier alpha value is -0.910. The highest BCUT2D eigenvalue weighted by molar-refractivity contribution is 7.91. The van der Waals surface area contributed by atoms with Gasteiger partial charge in [0.25, 0.3) is 0 Å². The lowest BCUT2D eigenvalue weighted by atomic mass is 9.91. The molecule has 1 fully saturated rings. The molecule has 0 amide bonds. The molecule has 1 N–H and O–H groups in total. The molecule has 1 aliphatic heterocycles. The number of aryl methyl sites for hydroxylation is 1. The molecule has 22 heavy (non-hydrogen) atoms. The van der Waals surface area contributed by atoms with Crippen molar-refractivity contribution in [3.63, 3.8) is 0 Å². The van der Waals surface area contributed by atoms with Crippen LogP contribution in [0.25, 0.3) is 0 Å². The van der Waals surface area contributed by atoms with E-state index in [1.165, 1.54) is 0 Å². The molecule has 0 unspecified atom stereocenters. The van der Waals surface area contributed by atoms with Gasteiger partial charge in [-0.05, 0) is 62.9 Å². The number of aliphatic hydroxyl groups excluding tert-OH is 1. The van der Waals surface area contributed by atoms with Crippen LogP contribution in [0.1, 0.15) is 31.7 Å². The van der Waals surface area contributed by atoms with Crippen LogP contribution in [0.3, 0.4) is 0 Å². The third kappa shape index (κ3) is 4.31. The van der Waals surface area contributed by atoms with Crippen LogP contribution < -0.4 is 0 Å². The fourth-order valence-corrected chi connectivity index (χ4v) is 4.69. The molecule has 0 radical (unpaired) electrons. The fraction of sp³-hybridized carbons (Fsp3) is 0.647. The zero-order chi connectivity index (χ0) is 16.2. The molecule has 0 aromatic heterocycles. The number of piperidine rings is 1. The fourth-order valence-electron chi connectivity index (χ4n) is 3.29. The first kappa shape index (κ1) is 17.4. The maximum atomic E-state index is 12.4. The van der Waals surface area contributed by atoms with Crippen LogP contribution in [0.2, 0.25) is 0 Å². The topological polar surface area (TPSA) is 57.6 Å². The highest BCUT2D eigenvalue weighted by Crippen LogP contribution is 2.23. The number of likely N-dealkylation sites (tertiary alicyclic amines) is 1. The Bertz CT molecular complexity index is 585. The van der Waals surface area contributed by atoms with Crippen LogP contribution in [-0.4, -0.2) is 49.9 Å². The molecule has 124 valence electrons. The molecule has 1 aliphatic rings. The molecular weight excluding hydrogens is 298 g/mol. The molecule has 0 aliphatic carbocycles. The van der Waals surface area contributed by atoms with Gasteiger partial charge < -0.3 is 5.11 Å². The van der Waals surface area contributed by atoms with E-state index in [0.717, 1.165) is 31.5 Å². The summed E-state index contributed by atoms with van der Waals surface area (Å²) in [4.78, 5) is 2.66. The lowest BCUT2D eigenvalue weighted by Gasteiger charge is -2.39. The number of aliphatic hydroxyl groups is 1. The van der Waals surface area contributed by atoms with E-state index in [2.05, 4.69) is 11.8 Å². The van der Waals surface area contributed by atoms with Gasteiger partial charge in [0.2, 0.25) is 0 Å². The zero-order valence-corrected chi connectivity index (χ0v) is 14.3. The van der Waals surface area contributed by atoms with Gasteiger partial charge in [0.1, 0.15) is 0 Å². The maximum absolute atomic E-state index is 12.4. The molecule has 1 aromatic carbocycles. The number of hydrogen-bond donors (Lipinski definition) is 1. The van der Waals surface area contributed by atoms with Crippen molar-refractivity contribution in [1.82, 2.24) is 4.90 Å². The molecule has 5 heteroatoms. The van der Waals surface area contributed by atoms with E-state index in [-0.39, 0.29) is 18.4 Å². The van der Waals surface area contributed by atoms with E-state index >= 15 is 0 Å². The lowest BCUT2D eigenvalue weighted by molar-refractivity contribution is 0.0533. The second kappa shape index (κ2) is 7.57. The van der Waals surface area contributed by atoms with Crippen LogP contribution in [0.4, 0.5) is 0 Å². The first-order valence-corrected chi connectivity index (χ1v) is 9.73. The molecule has 1 aromatic rings. The van der Waals surface area contributed by atoms with E-state index in [0.29, 0.717) is 17.2 Å². The van der Waals surface area contributed by atoms with E-state index in [9.17, 15) is 13.5 Å². The van der Waals surface area contributed by atoms with E-state index in [1.54, 1.807) is 18.2 Å². The quantitative estimate of drug-likeness (QED) is 0.871. The number of hydrogen-bond acceptors (Lipinski definition) is 4. The highest BCUT2D eigenvalue weighted by atomic mass is 32.2. The van der Waals surface area contributed by atoms with Crippen molar-refractivity contribution in [2.24, 2.45) is 5.92 Å². The summed E-state index contributed by atoms with van der Waals surface area (Å²) in [6, 6.07) is 7.27. The van der Waals surface area contributed by atoms with E-state index < -0.39 is 9.84 Å². The maximum Gasteiger partial charge on any atom is 0.178 e. The SMILES string of the molecule is Cc1cccc(S(=O)(=O)CCCN2CCC[C@H](C)[C@H]2CO)c1. The van der Waals surface area contributed by atoms with Gasteiger partial charge in [0.15, 0.2) is 9.84 Å². The van der Waals surface area contributed by atoms with Crippen molar-refractivity contribution < 1.29 is 13.5 Å². The Morgan fingerprint density at radius 1 is 1.36 bits per heavy atom. The Morgan fingerprint density at radius 2 is 2.14 bits per heavy atom. The van der Waals surface area contributed by atoms with Crippen molar-refractivity contribution in [2.75, 3.05) is 25.4 Å². The summed E-state index contributed by atoms with van der Waals surface area (Å²) in [6.45, 7) is 5.92. The Kier molecular flexibility index (Phi) is 6.01. The summed E-state index contributed by atoms with van der Waals surface area (Å²) in [5, 5.41) is 9.54. The molecule has 0 spiro atoms. The Labute approximate surface area is 134 Å². The minimum atomic E-state index is -3.21. The van der Waals surface area contributed by atoms with Crippen LogP contribution in [0.5, 0.6) is 0 Å². The third-order valence-corrected chi connectivity index (χ3v) is 6.42. The molecule has 0 bridgehead atoms. The van der Waals surface area contributed by atoms with Gasteiger partial charge in [0.05, 0.1) is 17.3 Å². The minimum absolute atomic E-state index is 0.159. The third-order valence-electron chi connectivity index (χ3n) is 4.62. The van der Waals surface area contributed by atoms with Crippen molar-refractivity contribution in [2.45, 2.75) is 44.0 Å². The average Bonchev–Trinajstić information content (AvgIpc) is 2.47. The second-order valence-electron chi connectivity index (χ2n) is 6.39. The van der Waals surface area contributed by atoms with Crippen molar-refractivity contribution in [3.05, 3.63) is 29.8 Å². The van der Waals surface area contributed by atoms with Crippen LogP contribution in [-0.2, 0) is 9.84 Å². The molecule has 4 nitrogen and oxygen atoms in total. The monoisotopic (exact) mass is 325 g/mol. The van der Waals surface area contributed by atoms with Crippen LogP contribution in [0.15, 0.2) is 29.2 Å². The number of sulfone groups is 1. The molecule has 2 rings (SSSR count). The zero-order valence-electron chi connectivity index (χ0n) is 13.5. The Balaban J connectivity index is 1.92. The van der Waals surface area contributed by atoms with Gasteiger partial charge in [-0.15, -0.1) is 0 Å². The van der Waals surface area contributed by atoms with Crippen molar-refractivity contribution >= 4 is 9.84 Å². The summed E-state index contributed by atoms with van der Waals surface area (Å²) >= 11 is 0. The van der Waals surface area contributed by atoms with Crippen molar-refractivity contribution in [3.8, 4) is 0 Å². The molecule has 1 heterocycles. The predicted molar refractivity (Wildman–Crippen MR) is 88.7 cm³/mol. The summed E-state index contributed by atoms with van der Waals surface area (Å²) < 4.78 is 24.7. The van der Waals surface area contributed by atoms with Crippen LogP contribution in [0, 0.1) is 12.8 Å². The summed E-state index contributed by atoms with van der Waals surface area (Å²) in [5.41, 5.74) is 0.964. The summed E-state index contributed by atoms with van der Waals surface area (Å²) in [5.74, 6) is 0.645. The first-order chi connectivity index (χ1) is 10.4. The van der Waals surface area contributed by atoms with Crippen molar-refractivity contribution in [1.29, 1.82) is 0 Å². The van der Waals surface area contributed by atoms with Gasteiger partial charge in [-0.3, -0.25) is 4.90 Å². The van der Waals surface area contributed by atoms with Gasteiger partial charge >= 0.3 is 0 Å². The first-order valence-electron chi connectivity index (χ1n) is 8.08. The molecule has 2 atom stereocenters. The normalized spacial score (nSPS) is 23.6. The molecular formula is C17H27NO3S. The average molecular weight is 325 g/mol. The second-order valence-corrected chi connectivity index (χ2v) is 8.50. The summed E-state index contributed by atoms with van der Waals surface area (Å²) in [7, 11) is -3.21. The van der Waals surface area contributed by atoms with E-state index in [1.807, 2.05) is 13.0 Å². The number of nitrogens with zero attached hydrogens (tertiary/aromatic N) is 1. The van der Waals surface area contributed by atoms with E-state index in [4.69, 9.17) is 0 Å². The largest absolute Gasteiger partial charge is 0.395 e. The standard InChI is InChI=1S/C17H27NO3S/c1-14-6-3-8-16(12-14)22(20,21)11-5-10-18-9-4-7-15(2)17(18)13-19/h3,6,8,12,15,17,19H,4-5,7,9-11,13H2,1-2H3/t15-,17+/m0/s1. The van der Waals surface area contributed by atoms with Gasteiger partial charge in [-0.25, -0.2) is 8.42 Å².